The molecular weight excluding hydrogens is 262 g/mol. The van der Waals surface area contributed by atoms with Gasteiger partial charge in [0, 0.05) is 18.8 Å². The molecule has 0 amide bonds. The van der Waals surface area contributed by atoms with Crippen LogP contribution in [0.2, 0.25) is 0 Å². The third-order valence-corrected chi connectivity index (χ3v) is 4.04. The number of unbranched alkanes of at least 4 members (excludes halogenated alkanes) is 4. The quantitative estimate of drug-likeness (QED) is 0.643. The Kier molecular flexibility index (Phi) is 7.88. The summed E-state index contributed by atoms with van der Waals surface area (Å²) in [6.45, 7) is 7.98. The minimum absolute atomic E-state index is 0.197. The standard InChI is InChI=1S/C18H29NO2/c1-4-5-6-7-8-13-19(14-12-18(20)21)17-11-9-10-15(2)16(17)3/h9-11H,4-8,12-14H2,1-3H3,(H,20,21). The molecule has 21 heavy (non-hydrogen) atoms. The average Bonchev–Trinajstić information content (AvgIpc) is 2.45. The second-order valence-corrected chi connectivity index (χ2v) is 5.76. The van der Waals surface area contributed by atoms with Crippen molar-refractivity contribution in [3.05, 3.63) is 29.3 Å². The van der Waals surface area contributed by atoms with Gasteiger partial charge in [0.2, 0.25) is 0 Å². The van der Waals surface area contributed by atoms with E-state index in [0.717, 1.165) is 13.0 Å². The number of rotatable bonds is 10. The molecule has 3 heteroatoms. The zero-order chi connectivity index (χ0) is 15.7. The van der Waals surface area contributed by atoms with E-state index in [1.165, 1.54) is 42.5 Å². The molecule has 1 rings (SSSR count). The van der Waals surface area contributed by atoms with Crippen LogP contribution < -0.4 is 4.90 Å². The summed E-state index contributed by atoms with van der Waals surface area (Å²) >= 11 is 0. The number of hydrogen-bond acceptors (Lipinski definition) is 2. The van der Waals surface area contributed by atoms with E-state index in [4.69, 9.17) is 5.11 Å². The molecule has 1 aromatic rings. The van der Waals surface area contributed by atoms with E-state index in [9.17, 15) is 4.79 Å². The van der Waals surface area contributed by atoms with Gasteiger partial charge in [-0.1, -0.05) is 44.7 Å². The van der Waals surface area contributed by atoms with Crippen molar-refractivity contribution < 1.29 is 9.90 Å². The second kappa shape index (κ2) is 9.43. The molecule has 0 heterocycles. The number of carbonyl (C=O) groups is 1. The zero-order valence-electron chi connectivity index (χ0n) is 13.7. The largest absolute Gasteiger partial charge is 0.481 e. The van der Waals surface area contributed by atoms with Gasteiger partial charge in [-0.25, -0.2) is 0 Å². The molecular formula is C18H29NO2. The van der Waals surface area contributed by atoms with Crippen molar-refractivity contribution >= 4 is 11.7 Å². The molecule has 118 valence electrons. The summed E-state index contributed by atoms with van der Waals surface area (Å²) in [5, 5.41) is 8.95. The number of carboxylic acids is 1. The molecule has 0 aliphatic rings. The molecule has 0 radical (unpaired) electrons. The molecule has 0 atom stereocenters. The summed E-state index contributed by atoms with van der Waals surface area (Å²) in [7, 11) is 0. The van der Waals surface area contributed by atoms with Crippen LogP contribution in [-0.4, -0.2) is 24.2 Å². The van der Waals surface area contributed by atoms with Gasteiger partial charge in [-0.05, 0) is 37.5 Å². The molecule has 0 saturated heterocycles. The maximum Gasteiger partial charge on any atom is 0.305 e. The van der Waals surface area contributed by atoms with Crippen LogP contribution in [0, 0.1) is 13.8 Å². The third-order valence-electron chi connectivity index (χ3n) is 4.04. The Morgan fingerprint density at radius 3 is 2.48 bits per heavy atom. The van der Waals surface area contributed by atoms with Crippen LogP contribution in [-0.2, 0) is 4.79 Å². The lowest BCUT2D eigenvalue weighted by Gasteiger charge is -2.26. The summed E-state index contributed by atoms with van der Waals surface area (Å²) in [6.07, 6.45) is 6.37. The van der Waals surface area contributed by atoms with E-state index in [1.54, 1.807) is 0 Å². The lowest BCUT2D eigenvalue weighted by Crippen LogP contribution is -2.28. The fourth-order valence-electron chi connectivity index (χ4n) is 2.57. The Labute approximate surface area is 129 Å². The van der Waals surface area contributed by atoms with Gasteiger partial charge in [-0.3, -0.25) is 4.79 Å². The smallest absolute Gasteiger partial charge is 0.305 e. The highest BCUT2D eigenvalue weighted by molar-refractivity contribution is 5.68. The van der Waals surface area contributed by atoms with E-state index in [2.05, 4.69) is 43.9 Å². The molecule has 0 aliphatic heterocycles. The summed E-state index contributed by atoms with van der Waals surface area (Å²) < 4.78 is 0. The fourth-order valence-corrected chi connectivity index (χ4v) is 2.57. The maximum atomic E-state index is 10.9. The monoisotopic (exact) mass is 291 g/mol. The van der Waals surface area contributed by atoms with Crippen molar-refractivity contribution in [3.63, 3.8) is 0 Å². The topological polar surface area (TPSA) is 40.5 Å². The predicted octanol–water partition coefficient (Wildman–Crippen LogP) is 4.55. The van der Waals surface area contributed by atoms with E-state index in [1.807, 2.05) is 0 Å². The Morgan fingerprint density at radius 2 is 1.81 bits per heavy atom. The van der Waals surface area contributed by atoms with Crippen LogP contribution in [0.5, 0.6) is 0 Å². The van der Waals surface area contributed by atoms with Crippen molar-refractivity contribution in [1.29, 1.82) is 0 Å². The number of aliphatic carboxylic acids is 1. The van der Waals surface area contributed by atoms with Crippen LogP contribution >= 0.6 is 0 Å². The first-order valence-corrected chi connectivity index (χ1v) is 8.09. The molecule has 3 nitrogen and oxygen atoms in total. The van der Waals surface area contributed by atoms with Crippen molar-refractivity contribution in [1.82, 2.24) is 0 Å². The summed E-state index contributed by atoms with van der Waals surface area (Å²) in [5.74, 6) is -0.726. The van der Waals surface area contributed by atoms with Gasteiger partial charge in [0.1, 0.15) is 0 Å². The number of benzene rings is 1. The molecule has 0 unspecified atom stereocenters. The van der Waals surface area contributed by atoms with Gasteiger partial charge in [-0.15, -0.1) is 0 Å². The highest BCUT2D eigenvalue weighted by Gasteiger charge is 2.11. The van der Waals surface area contributed by atoms with Crippen LogP contribution in [0.25, 0.3) is 0 Å². The van der Waals surface area contributed by atoms with Gasteiger partial charge < -0.3 is 10.0 Å². The lowest BCUT2D eigenvalue weighted by atomic mass is 10.1. The zero-order valence-corrected chi connectivity index (χ0v) is 13.7. The first kappa shape index (κ1) is 17.5. The molecule has 0 fully saturated rings. The Bertz CT molecular complexity index is 443. The van der Waals surface area contributed by atoms with Crippen LogP contribution in [0.4, 0.5) is 5.69 Å². The van der Waals surface area contributed by atoms with Gasteiger partial charge in [0.05, 0.1) is 6.42 Å². The fraction of sp³-hybridized carbons (Fsp3) is 0.611. The Balaban J connectivity index is 2.67. The minimum Gasteiger partial charge on any atom is -0.481 e. The van der Waals surface area contributed by atoms with Crippen LogP contribution in [0.15, 0.2) is 18.2 Å². The lowest BCUT2D eigenvalue weighted by molar-refractivity contribution is -0.136. The van der Waals surface area contributed by atoms with Crippen molar-refractivity contribution in [3.8, 4) is 0 Å². The number of anilines is 1. The Morgan fingerprint density at radius 1 is 1.10 bits per heavy atom. The summed E-state index contributed by atoms with van der Waals surface area (Å²) in [5.41, 5.74) is 3.71. The maximum absolute atomic E-state index is 10.9. The van der Waals surface area contributed by atoms with E-state index in [-0.39, 0.29) is 6.42 Å². The summed E-state index contributed by atoms with van der Waals surface area (Å²) in [4.78, 5) is 13.1. The van der Waals surface area contributed by atoms with Crippen molar-refractivity contribution in [2.75, 3.05) is 18.0 Å². The average molecular weight is 291 g/mol. The van der Waals surface area contributed by atoms with Crippen LogP contribution in [0.3, 0.4) is 0 Å². The highest BCUT2D eigenvalue weighted by Crippen LogP contribution is 2.23. The van der Waals surface area contributed by atoms with E-state index >= 15 is 0 Å². The van der Waals surface area contributed by atoms with Crippen LogP contribution in [0.1, 0.15) is 56.6 Å². The molecule has 1 aromatic carbocycles. The van der Waals surface area contributed by atoms with Gasteiger partial charge in [0.15, 0.2) is 0 Å². The minimum atomic E-state index is -0.726. The highest BCUT2D eigenvalue weighted by atomic mass is 16.4. The normalized spacial score (nSPS) is 10.6. The predicted molar refractivity (Wildman–Crippen MR) is 89.1 cm³/mol. The number of carboxylic acid groups (broad SMARTS) is 1. The van der Waals surface area contributed by atoms with Crippen molar-refractivity contribution in [2.45, 2.75) is 59.3 Å². The van der Waals surface area contributed by atoms with Gasteiger partial charge in [-0.2, -0.15) is 0 Å². The second-order valence-electron chi connectivity index (χ2n) is 5.76. The number of aryl methyl sites for hydroxylation is 1. The SMILES string of the molecule is CCCCCCCN(CCC(=O)O)c1cccc(C)c1C. The molecule has 0 aliphatic carbocycles. The molecule has 0 aromatic heterocycles. The van der Waals surface area contributed by atoms with Crippen molar-refractivity contribution in [2.24, 2.45) is 0 Å². The third kappa shape index (κ3) is 6.19. The number of nitrogens with zero attached hydrogens (tertiary/aromatic N) is 1. The molecule has 0 spiro atoms. The number of hydrogen-bond donors (Lipinski definition) is 1. The van der Waals surface area contributed by atoms with Gasteiger partial charge in [0.25, 0.3) is 0 Å². The first-order valence-electron chi connectivity index (χ1n) is 8.09. The molecule has 0 bridgehead atoms. The van der Waals surface area contributed by atoms with E-state index in [0.29, 0.717) is 6.54 Å². The first-order chi connectivity index (χ1) is 10.1. The van der Waals surface area contributed by atoms with E-state index < -0.39 is 5.97 Å². The summed E-state index contributed by atoms with van der Waals surface area (Å²) in [6, 6.07) is 6.27. The Hall–Kier alpha value is -1.51. The van der Waals surface area contributed by atoms with Gasteiger partial charge >= 0.3 is 5.97 Å². The molecule has 1 N–H and O–H groups in total. The molecule has 0 saturated carbocycles.